The molecule has 9 aromatic rings. The topological polar surface area (TPSA) is 460 Å². The Morgan fingerprint density at radius 2 is 1.15 bits per heavy atom. The lowest BCUT2D eigenvalue weighted by Crippen LogP contribution is -2.42. The van der Waals surface area contributed by atoms with Gasteiger partial charge in [0.1, 0.15) is 45.9 Å². The van der Waals surface area contributed by atoms with Crippen LogP contribution in [0.1, 0.15) is 190 Å². The Bertz CT molecular complexity index is 6810. The molecule has 0 amide bonds. The summed E-state index contributed by atoms with van der Waals surface area (Å²) in [5, 5.41) is 6.54. The molecule has 35 nitrogen and oxygen atoms in total. The van der Waals surface area contributed by atoms with Crippen LogP contribution in [0.2, 0.25) is 5.02 Å². The number of alkyl halides is 6. The average molecular weight is 2010 g/mol. The summed E-state index contributed by atoms with van der Waals surface area (Å²) >= 11 is 6.14. The third-order valence-corrected chi connectivity index (χ3v) is 28.7. The van der Waals surface area contributed by atoms with Crippen molar-refractivity contribution in [2.24, 2.45) is 44.8 Å². The first kappa shape index (κ1) is 108. The van der Waals surface area contributed by atoms with Crippen molar-refractivity contribution in [1.82, 2.24) is 43.6 Å². The number of carbonyl (C=O) groups is 8. The number of hydrogen-bond donors (Lipinski definition) is 1. The van der Waals surface area contributed by atoms with Gasteiger partial charge in [0.05, 0.1) is 102 Å². The minimum Gasteiger partial charge on any atom is -0.450 e. The van der Waals surface area contributed by atoms with Crippen molar-refractivity contribution in [1.29, 1.82) is 0 Å². The van der Waals surface area contributed by atoms with Crippen molar-refractivity contribution in [3.05, 3.63) is 236 Å². The van der Waals surface area contributed by atoms with Gasteiger partial charge in [-0.2, -0.15) is 44.7 Å². The molecule has 0 radical (unpaired) electrons. The van der Waals surface area contributed by atoms with Crippen LogP contribution in [0.25, 0.3) is 5.69 Å². The maximum atomic E-state index is 14.7. The van der Waals surface area contributed by atoms with E-state index in [9.17, 15) is 109 Å². The van der Waals surface area contributed by atoms with E-state index >= 15 is 0 Å². The molecule has 3 aromatic carbocycles. The second-order valence-corrected chi connectivity index (χ2v) is 39.8. The van der Waals surface area contributed by atoms with Crippen LogP contribution in [0.15, 0.2) is 134 Å². The highest BCUT2D eigenvalue weighted by atomic mass is 35.5. The molecule has 0 saturated heterocycles. The van der Waals surface area contributed by atoms with Crippen LogP contribution in [0.3, 0.4) is 0 Å². The Morgan fingerprint density at radius 3 is 1.63 bits per heavy atom. The van der Waals surface area contributed by atoms with Gasteiger partial charge >= 0.3 is 34.1 Å². The van der Waals surface area contributed by atoms with Crippen LogP contribution in [0, 0.1) is 50.3 Å². The number of benzene rings is 3. The van der Waals surface area contributed by atoms with E-state index in [0.717, 1.165) is 24.3 Å². The van der Waals surface area contributed by atoms with Crippen molar-refractivity contribution < 1.29 is 137 Å². The van der Waals surface area contributed by atoms with Gasteiger partial charge in [-0.1, -0.05) is 46.2 Å². The molecule has 8 heterocycles. The minimum absolute atomic E-state index is 0.00823. The predicted octanol–water partition coefficient (Wildman–Crippen LogP) is 12.1. The number of hydrogen-bond acceptors (Lipinski definition) is 30. The summed E-state index contributed by atoms with van der Waals surface area (Å²) in [6.07, 6.45) is -2.80. The fourth-order valence-electron chi connectivity index (χ4n) is 16.4. The average Bonchev–Trinajstić information content (AvgIpc) is 1.58. The van der Waals surface area contributed by atoms with Crippen molar-refractivity contribution in [2.75, 3.05) is 64.5 Å². The summed E-state index contributed by atoms with van der Waals surface area (Å²) in [6.45, 7) is 19.5. The first-order valence-corrected chi connectivity index (χ1v) is 47.9. The van der Waals surface area contributed by atoms with Crippen LogP contribution in [-0.4, -0.2) is 180 Å². The number of halogens is 8. The molecule has 46 heteroatoms. The Morgan fingerprint density at radius 1 is 0.652 bits per heavy atom. The molecule has 14 rings (SSSR count). The summed E-state index contributed by atoms with van der Waals surface area (Å²) in [6, 6.07) is 15.5. The van der Waals surface area contributed by atoms with E-state index in [-0.39, 0.29) is 167 Å². The number of methoxy groups -OCH3 is 2. The lowest BCUT2D eigenvalue weighted by atomic mass is 9.75. The molecule has 2 aliphatic heterocycles. The Labute approximate surface area is 791 Å². The maximum absolute atomic E-state index is 14.7. The second kappa shape index (κ2) is 43.8. The van der Waals surface area contributed by atoms with Gasteiger partial charge in [-0.15, -0.1) is 0 Å². The van der Waals surface area contributed by atoms with Crippen molar-refractivity contribution in [3.63, 3.8) is 0 Å². The van der Waals surface area contributed by atoms with E-state index < -0.39 is 145 Å². The van der Waals surface area contributed by atoms with Crippen LogP contribution >= 0.6 is 11.6 Å². The lowest BCUT2D eigenvalue weighted by Gasteiger charge is -2.25. The molecular formula is C92H99ClF7N9O26S3. The van der Waals surface area contributed by atoms with E-state index in [1.807, 2.05) is 27.7 Å². The quantitative estimate of drug-likeness (QED) is 0.00638. The molecule has 742 valence electrons. The summed E-state index contributed by atoms with van der Waals surface area (Å²) in [5.41, 5.74) is -2.96. The van der Waals surface area contributed by atoms with Crippen LogP contribution < -0.4 is 30.5 Å². The van der Waals surface area contributed by atoms with Crippen LogP contribution in [0.5, 0.6) is 23.3 Å². The number of rotatable bonds is 30. The maximum Gasteiger partial charge on any atom is 0.433 e. The zero-order valence-corrected chi connectivity index (χ0v) is 80.4. The molecule has 2 unspecified atom stereocenters. The standard InChI is InChI=1S/C21H19ClFN3O6.C19H20F3NO5.C19H24N2O6S2.C17H18F3NO5.C16H18N2O4S/c1-5-29-32-13(3)30-20-17(7-6-8-24-20)31-18-11-16(15(23)10-14(18)22)26-19(27)9-12(2)25(4)21(26)28;1-27-6-7-28-9-13-12(4-5-14(23-13)19(20,21)22)18(26)15-16(24)10-2-3-11(8-10)17(15)25;1-6-9-29(25,26)27-18-14(10-20-21(18)5)17(22)13-7-8-15-16(12(13)2)19(3,4)11-28(15,23)24;1-25-7-8-26-9-11-10(5-6-14(21-11)17(18,19)20)16(24)15-12(22)3-2-4-13(15)23;1-9-10(14(19)11-7-17-18(4)15(11)20)5-6-12-13(9)16(2,3)8-23(12,21)22/h6-11H,3,5H2,1-2,4H3;4-5,10-11,15H,2-3,6-9H2,1H3;7-8,10H,6,9,11H2,1-5H3;5-6,15H,2-4,7-9H2,1H3;5-7,17H,8H2,1-4H3. The lowest BCUT2D eigenvalue weighted by molar-refractivity contribution is -0.279. The van der Waals surface area contributed by atoms with Gasteiger partial charge in [-0.3, -0.25) is 57.5 Å². The van der Waals surface area contributed by atoms with Gasteiger partial charge in [0.25, 0.3) is 17.0 Å². The van der Waals surface area contributed by atoms with Crippen LogP contribution in [-0.2, 0) is 135 Å². The molecule has 2 atom stereocenters. The highest BCUT2D eigenvalue weighted by molar-refractivity contribution is 7.92. The van der Waals surface area contributed by atoms with E-state index in [1.54, 1.807) is 40.7 Å². The zero-order chi connectivity index (χ0) is 102. The number of nitrogens with zero attached hydrogens (tertiary/aromatic N) is 8. The van der Waals surface area contributed by atoms with Crippen molar-refractivity contribution in [3.8, 4) is 28.9 Å². The highest BCUT2D eigenvalue weighted by Crippen LogP contribution is 2.47. The monoisotopic (exact) mass is 2010 g/mol. The number of ether oxygens (including phenoxy) is 6. The van der Waals surface area contributed by atoms with E-state index in [2.05, 4.69) is 31.7 Å². The van der Waals surface area contributed by atoms with Gasteiger partial charge in [0.15, 0.2) is 71.7 Å². The fraction of sp³-hybridized carbons (Fsp3) is 0.424. The molecule has 5 aliphatic rings. The number of Topliss-reactive ketones (excluding diaryl/α,β-unsaturated/α-hetero) is 6. The van der Waals surface area contributed by atoms with Crippen molar-refractivity contribution >= 4 is 87.7 Å². The second-order valence-electron chi connectivity index (χ2n) is 33.8. The summed E-state index contributed by atoms with van der Waals surface area (Å²) in [5.74, 6) is -9.41. The molecule has 3 fully saturated rings. The molecule has 6 aromatic heterocycles. The number of aromatic amines is 1. The third-order valence-electron chi connectivity index (χ3n) is 22.9. The number of ketones is 8. The van der Waals surface area contributed by atoms with E-state index in [4.69, 9.17) is 54.0 Å². The Balaban J connectivity index is 0.000000179. The first-order valence-electron chi connectivity index (χ1n) is 42.7. The van der Waals surface area contributed by atoms with Crippen LogP contribution in [0.4, 0.5) is 30.7 Å². The molecule has 3 saturated carbocycles. The molecule has 0 spiro atoms. The predicted molar refractivity (Wildman–Crippen MR) is 479 cm³/mol. The number of carbonyl (C=O) groups excluding carboxylic acids is 8. The number of H-pyrrole nitrogens is 1. The normalized spacial score (nSPS) is 17.1. The van der Waals surface area contributed by atoms with E-state index in [1.165, 1.54) is 104 Å². The summed E-state index contributed by atoms with van der Waals surface area (Å²) in [4.78, 5) is 159. The largest absolute Gasteiger partial charge is 0.450 e. The van der Waals surface area contributed by atoms with Crippen molar-refractivity contribution in [2.45, 2.75) is 153 Å². The summed E-state index contributed by atoms with van der Waals surface area (Å²) in [7, 11) is -3.24. The van der Waals surface area contributed by atoms with Gasteiger partial charge in [-0.25, -0.2) is 50.2 Å². The number of nitrogens with one attached hydrogen (secondary N) is 1. The van der Waals surface area contributed by atoms with Gasteiger partial charge in [0, 0.05) is 123 Å². The molecule has 2 bridgehead atoms. The number of sulfone groups is 2. The first-order chi connectivity index (χ1) is 64.6. The molecular weight excluding hydrogens is 1910 g/mol. The smallest absolute Gasteiger partial charge is 0.433 e. The number of aryl methyl sites for hydroxylation is 3. The van der Waals surface area contributed by atoms with E-state index in [0.29, 0.717) is 92.8 Å². The number of pyridine rings is 3. The fourth-order valence-corrected chi connectivity index (χ4v) is 22.2. The molecule has 138 heavy (non-hydrogen) atoms. The Kier molecular flexibility index (Phi) is 34.2. The van der Waals surface area contributed by atoms with Gasteiger partial charge in [0.2, 0.25) is 5.88 Å². The zero-order valence-electron chi connectivity index (χ0n) is 77.2. The number of aromatic nitrogens is 9. The Hall–Kier alpha value is -12.2. The molecule has 3 aliphatic carbocycles. The molecule has 1 N–H and O–H groups in total. The highest BCUT2D eigenvalue weighted by Gasteiger charge is 2.52. The minimum atomic E-state index is -4.70. The summed E-state index contributed by atoms with van der Waals surface area (Å²) < 4.78 is 207. The number of fused-ring (bicyclic) bond motifs is 4. The SMILES string of the molecule is C=C(OOCC)Oc1ncccc1Oc1cc(-n2c(=O)cc(C)n(C)c2=O)c(F)cc1Cl.CCCS(=O)(=O)Oc1c(C(=O)c2ccc3c(c2C)C(C)(C)CS3(=O)=O)cnn1C.COCCOCc1nc(C(F)(F)F)ccc1C(=O)C1C(=O)C2CCC(C2)C1=O.COCCOCc1nc(C(F)(F)F)ccc1C(=O)C1C(=O)CCCC1=O.Cc1c(C(=O)c2c[nH]n(C)c2=O)ccc2c1C(C)(C)CS2(=O)=O. The van der Waals surface area contributed by atoms with Gasteiger partial charge < -0.3 is 42.3 Å². The third kappa shape index (κ3) is 24.3. The van der Waals surface area contributed by atoms with Gasteiger partial charge in [-0.05, 0) is 155 Å².